The zero-order chi connectivity index (χ0) is 14.8. The molecule has 1 heterocycles. The van der Waals surface area contributed by atoms with E-state index in [9.17, 15) is 0 Å². The first-order valence-corrected chi connectivity index (χ1v) is 7.96. The fraction of sp³-hybridized carbons (Fsp3) is 0.471. The van der Waals surface area contributed by atoms with Gasteiger partial charge in [0.1, 0.15) is 10.9 Å². The van der Waals surface area contributed by atoms with Gasteiger partial charge in [-0.25, -0.2) is 4.98 Å². The molecule has 0 atom stereocenters. The van der Waals surface area contributed by atoms with E-state index in [-0.39, 0.29) is 0 Å². The van der Waals surface area contributed by atoms with Gasteiger partial charge in [-0.2, -0.15) is 0 Å². The first-order valence-electron chi connectivity index (χ1n) is 7.58. The summed E-state index contributed by atoms with van der Waals surface area (Å²) < 4.78 is 5.24. The summed E-state index contributed by atoms with van der Waals surface area (Å²) in [6.45, 7) is 4.25. The number of ether oxygens (including phenoxy) is 1. The number of benzene rings is 1. The van der Waals surface area contributed by atoms with Crippen molar-refractivity contribution in [2.75, 3.05) is 13.7 Å². The Morgan fingerprint density at radius 3 is 2.81 bits per heavy atom. The summed E-state index contributed by atoms with van der Waals surface area (Å²) in [4.78, 5) is 7.06. The average molecular weight is 305 g/mol. The SMILES string of the molecule is CCCN(Cc1cc2ccc(OC)cc2nc1Cl)C1CC1. The van der Waals surface area contributed by atoms with E-state index in [0.29, 0.717) is 5.15 Å². The van der Waals surface area contributed by atoms with E-state index in [2.05, 4.69) is 22.9 Å². The van der Waals surface area contributed by atoms with E-state index in [4.69, 9.17) is 16.3 Å². The van der Waals surface area contributed by atoms with Gasteiger partial charge < -0.3 is 4.74 Å². The topological polar surface area (TPSA) is 25.4 Å². The van der Waals surface area contributed by atoms with E-state index in [0.717, 1.165) is 41.3 Å². The summed E-state index contributed by atoms with van der Waals surface area (Å²) in [7, 11) is 1.66. The van der Waals surface area contributed by atoms with Gasteiger partial charge in [0.2, 0.25) is 0 Å². The van der Waals surface area contributed by atoms with Crippen molar-refractivity contribution in [2.45, 2.75) is 38.8 Å². The summed E-state index contributed by atoms with van der Waals surface area (Å²) in [6, 6.07) is 8.84. The largest absolute Gasteiger partial charge is 0.497 e. The molecule has 1 fully saturated rings. The lowest BCUT2D eigenvalue weighted by molar-refractivity contribution is 0.255. The molecular weight excluding hydrogens is 284 g/mol. The van der Waals surface area contributed by atoms with Gasteiger partial charge in [-0.1, -0.05) is 18.5 Å². The summed E-state index contributed by atoms with van der Waals surface area (Å²) in [5.41, 5.74) is 2.01. The van der Waals surface area contributed by atoms with Gasteiger partial charge in [-0.05, 0) is 44.0 Å². The molecule has 21 heavy (non-hydrogen) atoms. The van der Waals surface area contributed by atoms with E-state index in [1.165, 1.54) is 19.3 Å². The quantitative estimate of drug-likeness (QED) is 0.745. The molecule has 0 radical (unpaired) electrons. The molecule has 0 N–H and O–H groups in total. The summed E-state index contributed by atoms with van der Waals surface area (Å²) in [5, 5.41) is 1.72. The molecule has 3 rings (SSSR count). The number of halogens is 1. The van der Waals surface area contributed by atoms with Crippen LogP contribution in [-0.4, -0.2) is 29.6 Å². The molecule has 3 nitrogen and oxygen atoms in total. The van der Waals surface area contributed by atoms with E-state index in [1.54, 1.807) is 7.11 Å². The van der Waals surface area contributed by atoms with Crippen molar-refractivity contribution >= 4 is 22.5 Å². The Labute approximate surface area is 130 Å². The molecule has 112 valence electrons. The molecule has 1 aromatic carbocycles. The predicted molar refractivity (Wildman–Crippen MR) is 87.0 cm³/mol. The predicted octanol–water partition coefficient (Wildman–Crippen LogP) is 4.27. The highest BCUT2D eigenvalue weighted by Crippen LogP contribution is 2.31. The average Bonchev–Trinajstić information content (AvgIpc) is 3.31. The van der Waals surface area contributed by atoms with Crippen LogP contribution in [0.25, 0.3) is 10.9 Å². The lowest BCUT2D eigenvalue weighted by Gasteiger charge is -2.21. The maximum Gasteiger partial charge on any atom is 0.134 e. The zero-order valence-electron chi connectivity index (χ0n) is 12.6. The lowest BCUT2D eigenvalue weighted by atomic mass is 10.1. The van der Waals surface area contributed by atoms with Crippen LogP contribution < -0.4 is 4.74 Å². The van der Waals surface area contributed by atoms with Gasteiger partial charge in [0.05, 0.1) is 12.6 Å². The standard InChI is InChI=1S/C17H21ClN2O/c1-3-8-20(14-5-6-14)11-13-9-12-4-7-15(21-2)10-16(12)19-17(13)18/h4,7,9-10,14H,3,5-6,8,11H2,1-2H3. The summed E-state index contributed by atoms with van der Waals surface area (Å²) in [5.74, 6) is 0.810. The van der Waals surface area contributed by atoms with Gasteiger partial charge in [0, 0.05) is 29.6 Å². The second kappa shape index (κ2) is 6.20. The number of hydrogen-bond donors (Lipinski definition) is 0. The van der Waals surface area contributed by atoms with Gasteiger partial charge in [0.25, 0.3) is 0 Å². The second-order valence-corrected chi connectivity index (χ2v) is 6.06. The Hall–Kier alpha value is -1.32. The second-order valence-electron chi connectivity index (χ2n) is 5.70. The van der Waals surface area contributed by atoms with Crippen LogP contribution in [0.15, 0.2) is 24.3 Å². The van der Waals surface area contributed by atoms with Crippen molar-refractivity contribution in [3.63, 3.8) is 0 Å². The molecule has 0 bridgehead atoms. The highest BCUT2D eigenvalue weighted by molar-refractivity contribution is 6.30. The zero-order valence-corrected chi connectivity index (χ0v) is 13.4. The molecule has 4 heteroatoms. The normalized spacial score (nSPS) is 14.9. The minimum absolute atomic E-state index is 0.609. The first kappa shape index (κ1) is 14.6. The van der Waals surface area contributed by atoms with Crippen molar-refractivity contribution in [3.8, 4) is 5.75 Å². The minimum atomic E-state index is 0.609. The number of nitrogens with zero attached hydrogens (tertiary/aromatic N) is 2. The van der Waals surface area contributed by atoms with Crippen LogP contribution in [0.4, 0.5) is 0 Å². The first-order chi connectivity index (χ1) is 10.2. The Morgan fingerprint density at radius 1 is 1.33 bits per heavy atom. The fourth-order valence-corrected chi connectivity index (χ4v) is 2.95. The van der Waals surface area contributed by atoms with Crippen molar-refractivity contribution in [3.05, 3.63) is 35.0 Å². The van der Waals surface area contributed by atoms with Crippen LogP contribution in [-0.2, 0) is 6.54 Å². The van der Waals surface area contributed by atoms with Crippen LogP contribution in [0.1, 0.15) is 31.7 Å². The van der Waals surface area contributed by atoms with Gasteiger partial charge in [-0.3, -0.25) is 4.90 Å². The van der Waals surface area contributed by atoms with E-state index in [1.807, 2.05) is 18.2 Å². The third-order valence-electron chi connectivity index (χ3n) is 4.00. The van der Waals surface area contributed by atoms with Gasteiger partial charge >= 0.3 is 0 Å². The Morgan fingerprint density at radius 2 is 2.14 bits per heavy atom. The minimum Gasteiger partial charge on any atom is -0.497 e. The van der Waals surface area contributed by atoms with Crippen LogP contribution in [0.2, 0.25) is 5.15 Å². The number of aromatic nitrogens is 1. The van der Waals surface area contributed by atoms with Gasteiger partial charge in [-0.15, -0.1) is 0 Å². The maximum absolute atomic E-state index is 6.39. The van der Waals surface area contributed by atoms with Crippen LogP contribution in [0, 0.1) is 0 Å². The number of hydrogen-bond acceptors (Lipinski definition) is 3. The Kier molecular flexibility index (Phi) is 4.32. The Bertz CT molecular complexity index is 640. The van der Waals surface area contributed by atoms with Crippen LogP contribution in [0.3, 0.4) is 0 Å². The molecule has 1 aromatic heterocycles. The molecule has 0 spiro atoms. The number of pyridine rings is 1. The number of fused-ring (bicyclic) bond motifs is 1. The van der Waals surface area contributed by atoms with E-state index >= 15 is 0 Å². The van der Waals surface area contributed by atoms with Crippen LogP contribution in [0.5, 0.6) is 5.75 Å². The summed E-state index contributed by atoms with van der Waals surface area (Å²) >= 11 is 6.39. The fourth-order valence-electron chi connectivity index (χ4n) is 2.74. The van der Waals surface area contributed by atoms with Crippen molar-refractivity contribution in [1.29, 1.82) is 0 Å². The maximum atomic E-state index is 6.39. The molecule has 0 aliphatic heterocycles. The van der Waals surface area contributed by atoms with Gasteiger partial charge in [0.15, 0.2) is 0 Å². The lowest BCUT2D eigenvalue weighted by Crippen LogP contribution is -2.26. The molecular formula is C17H21ClN2O. The molecule has 1 aliphatic rings. The molecule has 1 saturated carbocycles. The highest BCUT2D eigenvalue weighted by atomic mass is 35.5. The highest BCUT2D eigenvalue weighted by Gasteiger charge is 2.28. The molecule has 0 unspecified atom stereocenters. The van der Waals surface area contributed by atoms with Crippen molar-refractivity contribution in [2.24, 2.45) is 0 Å². The van der Waals surface area contributed by atoms with Crippen molar-refractivity contribution < 1.29 is 4.74 Å². The number of methoxy groups -OCH3 is 1. The Balaban J connectivity index is 1.89. The monoisotopic (exact) mass is 304 g/mol. The third-order valence-corrected chi connectivity index (χ3v) is 4.33. The molecule has 0 amide bonds. The van der Waals surface area contributed by atoms with Crippen LogP contribution >= 0.6 is 11.6 Å². The molecule has 2 aromatic rings. The molecule has 0 saturated heterocycles. The number of rotatable bonds is 6. The van der Waals surface area contributed by atoms with Crippen molar-refractivity contribution in [1.82, 2.24) is 9.88 Å². The third kappa shape index (κ3) is 3.30. The van der Waals surface area contributed by atoms with E-state index < -0.39 is 0 Å². The molecule has 1 aliphatic carbocycles. The summed E-state index contributed by atoms with van der Waals surface area (Å²) in [6.07, 6.45) is 3.80. The smallest absolute Gasteiger partial charge is 0.134 e.